The highest BCUT2D eigenvalue weighted by Gasteiger charge is 2.07. The molecule has 1 rings (SSSR count). The number of hydrazone groups is 1. The van der Waals surface area contributed by atoms with E-state index in [-0.39, 0.29) is 5.71 Å². The number of nitrogens with zero attached hydrogens (tertiary/aromatic N) is 3. The van der Waals surface area contributed by atoms with Crippen molar-refractivity contribution in [3.63, 3.8) is 0 Å². The predicted octanol–water partition coefficient (Wildman–Crippen LogP) is 3.41. The summed E-state index contributed by atoms with van der Waals surface area (Å²) in [5, 5.41) is 21.3. The third kappa shape index (κ3) is 3.24. The minimum Gasteiger partial charge on any atom is -0.273 e. The van der Waals surface area contributed by atoms with Crippen molar-refractivity contribution < 1.29 is 0 Å². The summed E-state index contributed by atoms with van der Waals surface area (Å²) in [4.78, 5) is 0. The van der Waals surface area contributed by atoms with Crippen molar-refractivity contribution in [2.24, 2.45) is 5.10 Å². The van der Waals surface area contributed by atoms with Gasteiger partial charge in [-0.3, -0.25) is 5.43 Å². The largest absolute Gasteiger partial charge is 0.273 e. The second-order valence-electron chi connectivity index (χ2n) is 2.54. The van der Waals surface area contributed by atoms with Crippen LogP contribution in [0, 0.1) is 26.2 Å². The normalized spacial score (nSPS) is 8.81. The minimum absolute atomic E-state index is 0.300. The molecule has 16 heavy (non-hydrogen) atoms. The highest BCUT2D eigenvalue weighted by atomic mass is 127. The predicted molar refractivity (Wildman–Crippen MR) is 71.5 cm³/mol. The lowest BCUT2D eigenvalue weighted by molar-refractivity contribution is 1.33. The average Bonchev–Trinajstić information content (AvgIpc) is 2.22. The molecule has 0 saturated heterocycles. The van der Waals surface area contributed by atoms with Gasteiger partial charge in [0.15, 0.2) is 0 Å². The highest BCUT2D eigenvalue weighted by Crippen LogP contribution is 2.32. The fourth-order valence-electron chi connectivity index (χ4n) is 0.836. The molecule has 7 heteroatoms. The first-order valence-corrected chi connectivity index (χ1v) is 5.70. The molecule has 1 N–H and O–H groups in total. The molecular formula is C9H3Cl2IN4. The molecule has 0 atom stereocenters. The van der Waals surface area contributed by atoms with Crippen molar-refractivity contribution in [3.8, 4) is 12.1 Å². The van der Waals surface area contributed by atoms with Crippen molar-refractivity contribution in [2.45, 2.75) is 0 Å². The van der Waals surface area contributed by atoms with E-state index in [0.29, 0.717) is 15.7 Å². The van der Waals surface area contributed by atoms with Gasteiger partial charge in [0.05, 0.1) is 15.7 Å². The molecule has 4 nitrogen and oxygen atoms in total. The van der Waals surface area contributed by atoms with E-state index in [1.54, 1.807) is 24.3 Å². The molecule has 0 radical (unpaired) electrons. The van der Waals surface area contributed by atoms with E-state index in [9.17, 15) is 0 Å². The van der Waals surface area contributed by atoms with Gasteiger partial charge in [0.25, 0.3) is 0 Å². The number of rotatable bonds is 2. The van der Waals surface area contributed by atoms with Crippen LogP contribution in [0.2, 0.25) is 10.0 Å². The highest BCUT2D eigenvalue weighted by molar-refractivity contribution is 14.1. The Bertz CT molecular complexity index is 488. The monoisotopic (exact) mass is 364 g/mol. The van der Waals surface area contributed by atoms with Crippen molar-refractivity contribution in [1.29, 1.82) is 10.5 Å². The summed E-state index contributed by atoms with van der Waals surface area (Å²) < 4.78 is 0.878. The Labute approximate surface area is 116 Å². The van der Waals surface area contributed by atoms with E-state index in [1.165, 1.54) is 0 Å². The number of anilines is 1. The van der Waals surface area contributed by atoms with Crippen LogP contribution in [0.5, 0.6) is 0 Å². The zero-order chi connectivity index (χ0) is 12.1. The standard InChI is InChI=1S/C9H3Cl2IN4/c10-7-1-5(12)2-8(11)9(7)16-15-6(3-13)4-14/h1-2,16H. The average molecular weight is 365 g/mol. The van der Waals surface area contributed by atoms with E-state index in [0.717, 1.165) is 3.57 Å². The lowest BCUT2D eigenvalue weighted by atomic mass is 10.3. The van der Waals surface area contributed by atoms with Crippen LogP contribution in [0.3, 0.4) is 0 Å². The molecule has 0 fully saturated rings. The van der Waals surface area contributed by atoms with E-state index < -0.39 is 0 Å². The lowest BCUT2D eigenvalue weighted by Gasteiger charge is -2.06. The van der Waals surface area contributed by atoms with Crippen LogP contribution in [-0.2, 0) is 0 Å². The van der Waals surface area contributed by atoms with E-state index in [1.807, 2.05) is 0 Å². The summed E-state index contributed by atoms with van der Waals surface area (Å²) >= 11 is 13.9. The van der Waals surface area contributed by atoms with Crippen molar-refractivity contribution in [3.05, 3.63) is 25.7 Å². The van der Waals surface area contributed by atoms with Crippen LogP contribution in [0.25, 0.3) is 0 Å². The maximum absolute atomic E-state index is 8.48. The molecule has 0 saturated carbocycles. The Kier molecular flexibility index (Phi) is 4.81. The van der Waals surface area contributed by atoms with E-state index in [2.05, 4.69) is 33.1 Å². The Morgan fingerprint density at radius 3 is 2.19 bits per heavy atom. The van der Waals surface area contributed by atoms with Crippen LogP contribution in [0.4, 0.5) is 5.69 Å². The molecule has 80 valence electrons. The van der Waals surface area contributed by atoms with E-state index in [4.69, 9.17) is 33.7 Å². The third-order valence-electron chi connectivity index (χ3n) is 1.50. The van der Waals surface area contributed by atoms with Crippen molar-refractivity contribution in [2.75, 3.05) is 5.43 Å². The summed E-state index contributed by atoms with van der Waals surface area (Å²) in [5.41, 5.74) is 2.55. The zero-order valence-electron chi connectivity index (χ0n) is 7.63. The topological polar surface area (TPSA) is 72.0 Å². The SMILES string of the molecule is N#CC(C#N)=NNc1c(Cl)cc(I)cc1Cl. The first kappa shape index (κ1) is 13.0. The second-order valence-corrected chi connectivity index (χ2v) is 4.60. The summed E-state index contributed by atoms with van der Waals surface area (Å²) in [5.74, 6) is 0. The van der Waals surface area contributed by atoms with Gasteiger partial charge in [0.1, 0.15) is 12.1 Å². The van der Waals surface area contributed by atoms with Gasteiger partial charge in [-0.2, -0.15) is 15.6 Å². The zero-order valence-corrected chi connectivity index (χ0v) is 11.3. The maximum atomic E-state index is 8.48. The van der Waals surface area contributed by atoms with Crippen LogP contribution in [0.15, 0.2) is 17.2 Å². The van der Waals surface area contributed by atoms with Crippen LogP contribution < -0.4 is 5.43 Å². The third-order valence-corrected chi connectivity index (χ3v) is 2.72. The molecule has 1 aromatic carbocycles. The Morgan fingerprint density at radius 1 is 1.25 bits per heavy atom. The number of nitriles is 2. The molecule has 0 aliphatic heterocycles. The Morgan fingerprint density at radius 2 is 1.75 bits per heavy atom. The number of hydrogen-bond donors (Lipinski definition) is 1. The smallest absolute Gasteiger partial charge is 0.237 e. The molecule has 0 spiro atoms. The summed E-state index contributed by atoms with van der Waals surface area (Å²) in [7, 11) is 0. The molecule has 0 aliphatic rings. The lowest BCUT2D eigenvalue weighted by Crippen LogP contribution is -1.97. The quantitative estimate of drug-likeness (QED) is 0.496. The summed E-state index contributed by atoms with van der Waals surface area (Å²) in [6.45, 7) is 0. The molecular weight excluding hydrogens is 362 g/mol. The number of halogens is 3. The molecule has 1 aromatic rings. The number of nitrogens with one attached hydrogen (secondary N) is 1. The molecule has 0 unspecified atom stereocenters. The van der Waals surface area contributed by atoms with Gasteiger partial charge in [-0.1, -0.05) is 23.2 Å². The first-order valence-electron chi connectivity index (χ1n) is 3.87. The molecule has 0 amide bonds. The number of hydrogen-bond acceptors (Lipinski definition) is 4. The molecule has 0 heterocycles. The summed E-state index contributed by atoms with van der Waals surface area (Å²) in [6, 6.07) is 6.59. The number of benzene rings is 1. The van der Waals surface area contributed by atoms with Gasteiger partial charge >= 0.3 is 0 Å². The fourth-order valence-corrected chi connectivity index (χ4v) is 2.40. The van der Waals surface area contributed by atoms with E-state index >= 15 is 0 Å². The van der Waals surface area contributed by atoms with Crippen LogP contribution in [-0.4, -0.2) is 5.71 Å². The molecule has 0 bridgehead atoms. The van der Waals surface area contributed by atoms with Crippen molar-refractivity contribution in [1.82, 2.24) is 0 Å². The van der Waals surface area contributed by atoms with Gasteiger partial charge in [-0.05, 0) is 34.7 Å². The van der Waals surface area contributed by atoms with Crippen LogP contribution in [0.1, 0.15) is 0 Å². The molecule has 0 aliphatic carbocycles. The maximum Gasteiger partial charge on any atom is 0.237 e. The van der Waals surface area contributed by atoms with Gasteiger partial charge in [0.2, 0.25) is 5.71 Å². The minimum atomic E-state index is -0.300. The second kappa shape index (κ2) is 5.90. The van der Waals surface area contributed by atoms with Gasteiger partial charge in [0, 0.05) is 3.57 Å². The summed E-state index contributed by atoms with van der Waals surface area (Å²) in [6.07, 6.45) is 0. The molecule has 0 aromatic heterocycles. The van der Waals surface area contributed by atoms with Gasteiger partial charge in [-0.15, -0.1) is 0 Å². The van der Waals surface area contributed by atoms with Crippen molar-refractivity contribution >= 4 is 57.2 Å². The van der Waals surface area contributed by atoms with Gasteiger partial charge in [-0.25, -0.2) is 0 Å². The van der Waals surface area contributed by atoms with Gasteiger partial charge < -0.3 is 0 Å². The Hall–Kier alpha value is -1.02. The Balaban J connectivity index is 3.05. The first-order chi connectivity index (χ1) is 7.58. The van der Waals surface area contributed by atoms with Crippen LogP contribution >= 0.6 is 45.8 Å². The fraction of sp³-hybridized carbons (Fsp3) is 0.